The van der Waals surface area contributed by atoms with Crippen LogP contribution in [0.3, 0.4) is 0 Å². The van der Waals surface area contributed by atoms with E-state index in [0.29, 0.717) is 11.1 Å². The molecule has 0 spiro atoms. The first-order valence-electron chi connectivity index (χ1n) is 15.1. The van der Waals surface area contributed by atoms with Gasteiger partial charge in [-0.1, -0.05) is 84.9 Å². The molecule has 13 heteroatoms. The van der Waals surface area contributed by atoms with Gasteiger partial charge in [0.1, 0.15) is 18.0 Å². The molecule has 0 atom stereocenters. The van der Waals surface area contributed by atoms with Crippen molar-refractivity contribution in [2.24, 2.45) is 0 Å². The van der Waals surface area contributed by atoms with Crippen LogP contribution in [0.2, 0.25) is 0 Å². The molecule has 3 aromatic carbocycles. The molecule has 5 aromatic rings. The van der Waals surface area contributed by atoms with E-state index in [2.05, 4.69) is 19.1 Å². The molecule has 0 bridgehead atoms. The van der Waals surface area contributed by atoms with Crippen molar-refractivity contribution < 1.29 is 40.0 Å². The highest BCUT2D eigenvalue weighted by Gasteiger charge is 2.49. The molecule has 0 aliphatic carbocycles. The zero-order valence-corrected chi connectivity index (χ0v) is 27.6. The van der Waals surface area contributed by atoms with Crippen LogP contribution in [0.5, 0.6) is 11.6 Å². The van der Waals surface area contributed by atoms with E-state index in [9.17, 15) is 26.4 Å². The summed E-state index contributed by atoms with van der Waals surface area (Å²) in [6, 6.07) is 27.6. The lowest BCUT2D eigenvalue weighted by atomic mass is 9.99. The van der Waals surface area contributed by atoms with Crippen molar-refractivity contribution in [3.05, 3.63) is 137 Å². The van der Waals surface area contributed by atoms with Gasteiger partial charge in [0.15, 0.2) is 5.69 Å². The van der Waals surface area contributed by atoms with Gasteiger partial charge in [0.25, 0.3) is 5.88 Å². The van der Waals surface area contributed by atoms with Crippen LogP contribution >= 0.6 is 0 Å². The quantitative estimate of drug-likeness (QED) is 0.0789. The van der Waals surface area contributed by atoms with E-state index in [0.717, 1.165) is 28.7 Å². The predicted molar refractivity (Wildman–Crippen MR) is 175 cm³/mol. The lowest BCUT2D eigenvalue weighted by Gasteiger charge is -2.21. The van der Waals surface area contributed by atoms with Gasteiger partial charge in [-0.3, -0.25) is 4.98 Å². The molecule has 0 saturated carbocycles. The number of halogens is 3. The van der Waals surface area contributed by atoms with Crippen LogP contribution in [-0.4, -0.2) is 40.4 Å². The Kier molecular flexibility index (Phi) is 10.3. The van der Waals surface area contributed by atoms with Crippen molar-refractivity contribution in [3.63, 3.8) is 0 Å². The third-order valence-corrected chi connectivity index (χ3v) is 7.85. The minimum Gasteiger partial charge on any atom is -0.481 e. The summed E-state index contributed by atoms with van der Waals surface area (Å²) < 4.78 is 80.2. The summed E-state index contributed by atoms with van der Waals surface area (Å²) in [7, 11) is -6.21. The van der Waals surface area contributed by atoms with Crippen LogP contribution in [0.15, 0.2) is 103 Å². The first kappa shape index (κ1) is 35.0. The van der Waals surface area contributed by atoms with Gasteiger partial charge >= 0.3 is 21.6 Å². The SMILES string of the molecule is CC(C)(C)OC(=O)c1nc(Cc2ccc(-c3ccc(Cc4cccnc4)cc3)cc2)nc(OS(=O)(=O)C(F)(F)F)c1OCc1ccccc1. The molecule has 0 aliphatic heterocycles. The van der Waals surface area contributed by atoms with Crippen molar-refractivity contribution in [1.29, 1.82) is 0 Å². The Balaban J connectivity index is 1.46. The molecule has 0 radical (unpaired) electrons. The maximum absolute atomic E-state index is 13.4. The molecule has 254 valence electrons. The van der Waals surface area contributed by atoms with Gasteiger partial charge in [-0.25, -0.2) is 9.78 Å². The molecule has 0 unspecified atom stereocenters. The second-order valence-corrected chi connectivity index (χ2v) is 13.5. The number of pyridine rings is 1. The zero-order chi connectivity index (χ0) is 35.2. The van der Waals surface area contributed by atoms with Crippen molar-refractivity contribution in [2.45, 2.75) is 51.3 Å². The molecule has 0 N–H and O–H groups in total. The molecule has 5 rings (SSSR count). The largest absolute Gasteiger partial charge is 0.534 e. The lowest BCUT2D eigenvalue weighted by Crippen LogP contribution is -2.29. The number of nitrogens with zero attached hydrogens (tertiary/aromatic N) is 3. The number of hydrogen-bond donors (Lipinski definition) is 0. The summed E-state index contributed by atoms with van der Waals surface area (Å²) >= 11 is 0. The number of alkyl halides is 3. The molecule has 49 heavy (non-hydrogen) atoms. The lowest BCUT2D eigenvalue weighted by molar-refractivity contribution is -0.0502. The van der Waals surface area contributed by atoms with E-state index >= 15 is 0 Å². The summed E-state index contributed by atoms with van der Waals surface area (Å²) in [6.45, 7) is 4.48. The number of esters is 1. The second kappa shape index (κ2) is 14.4. The van der Waals surface area contributed by atoms with Crippen molar-refractivity contribution >= 4 is 16.1 Å². The number of carbonyl (C=O) groups is 1. The number of ether oxygens (including phenoxy) is 2. The smallest absolute Gasteiger partial charge is 0.481 e. The van der Waals surface area contributed by atoms with Crippen LogP contribution in [0.1, 0.15) is 59.3 Å². The molecule has 0 saturated heterocycles. The van der Waals surface area contributed by atoms with E-state index in [1.165, 1.54) is 0 Å². The Morgan fingerprint density at radius 3 is 1.88 bits per heavy atom. The highest BCUT2D eigenvalue weighted by Crippen LogP contribution is 2.35. The number of carbonyl (C=O) groups excluding carboxylic acids is 1. The predicted octanol–water partition coefficient (Wildman–Crippen LogP) is 7.48. The van der Waals surface area contributed by atoms with Crippen molar-refractivity contribution in [2.75, 3.05) is 0 Å². The van der Waals surface area contributed by atoms with Gasteiger partial charge in [0, 0.05) is 18.8 Å². The molecular formula is C36H32F3N3O6S. The van der Waals surface area contributed by atoms with Crippen molar-refractivity contribution in [3.8, 4) is 22.8 Å². The number of benzene rings is 3. The zero-order valence-electron chi connectivity index (χ0n) is 26.8. The summed E-state index contributed by atoms with van der Waals surface area (Å²) in [5, 5.41) is 0. The van der Waals surface area contributed by atoms with Crippen LogP contribution < -0.4 is 8.92 Å². The maximum Gasteiger partial charge on any atom is 0.534 e. The standard InChI is InChI=1S/C36H32F3N3O6S/c1-35(2,3)47-34(43)31-32(46-23-26-8-5-4-6-9-26)33(48-49(44,45)36(37,38)39)42-30(41-31)21-25-13-17-29(18-14-25)28-15-11-24(12-16-28)20-27-10-7-19-40-22-27/h4-19,22H,20-21,23H2,1-3H3. The van der Waals surface area contributed by atoms with E-state index in [1.807, 2.05) is 54.7 Å². The number of rotatable bonds is 11. The maximum atomic E-state index is 13.4. The van der Waals surface area contributed by atoms with E-state index in [-0.39, 0.29) is 18.9 Å². The Morgan fingerprint density at radius 1 is 0.735 bits per heavy atom. The Morgan fingerprint density at radius 2 is 1.33 bits per heavy atom. The van der Waals surface area contributed by atoms with E-state index in [1.54, 1.807) is 69.4 Å². The summed E-state index contributed by atoms with van der Waals surface area (Å²) in [5.41, 5.74) is -2.16. The molecule has 0 amide bonds. The first-order chi connectivity index (χ1) is 23.2. The van der Waals surface area contributed by atoms with Gasteiger partial charge in [0.05, 0.1) is 0 Å². The first-order valence-corrected chi connectivity index (χ1v) is 16.5. The van der Waals surface area contributed by atoms with Crippen LogP contribution in [0.4, 0.5) is 13.2 Å². The summed E-state index contributed by atoms with van der Waals surface area (Å²) in [5.74, 6) is -3.08. The van der Waals surface area contributed by atoms with Gasteiger partial charge in [-0.2, -0.15) is 26.6 Å². The minimum absolute atomic E-state index is 0.0957. The van der Waals surface area contributed by atoms with Gasteiger partial charge in [-0.15, -0.1) is 0 Å². The average Bonchev–Trinajstić information content (AvgIpc) is 3.04. The third kappa shape index (κ3) is 9.41. The highest BCUT2D eigenvalue weighted by atomic mass is 32.2. The van der Waals surface area contributed by atoms with Crippen LogP contribution in [0, 0.1) is 0 Å². The molecular weight excluding hydrogens is 659 g/mol. The molecule has 2 aromatic heterocycles. The molecule has 2 heterocycles. The van der Waals surface area contributed by atoms with E-state index in [4.69, 9.17) is 9.47 Å². The van der Waals surface area contributed by atoms with Crippen LogP contribution in [-0.2, 0) is 34.3 Å². The molecule has 9 nitrogen and oxygen atoms in total. The third-order valence-electron chi connectivity index (χ3n) is 6.91. The second-order valence-electron chi connectivity index (χ2n) is 12.0. The summed E-state index contributed by atoms with van der Waals surface area (Å²) in [6.07, 6.45) is 4.19. The molecule has 0 fully saturated rings. The minimum atomic E-state index is -6.21. The fourth-order valence-electron chi connectivity index (χ4n) is 4.64. The fraction of sp³-hybridized carbons (Fsp3) is 0.222. The number of hydrogen-bond acceptors (Lipinski definition) is 9. The van der Waals surface area contributed by atoms with Crippen LogP contribution in [0.25, 0.3) is 11.1 Å². The Bertz CT molecular complexity index is 2000. The van der Waals surface area contributed by atoms with E-state index < -0.39 is 44.5 Å². The monoisotopic (exact) mass is 691 g/mol. The van der Waals surface area contributed by atoms with Gasteiger partial charge < -0.3 is 13.7 Å². The Hall–Kier alpha value is -5.30. The molecule has 0 aliphatic rings. The topological polar surface area (TPSA) is 118 Å². The average molecular weight is 692 g/mol. The van der Waals surface area contributed by atoms with Crippen molar-refractivity contribution in [1.82, 2.24) is 15.0 Å². The number of aromatic nitrogens is 3. The Labute approximate surface area is 281 Å². The normalized spacial score (nSPS) is 12.0. The highest BCUT2D eigenvalue weighted by molar-refractivity contribution is 7.88. The summed E-state index contributed by atoms with van der Waals surface area (Å²) in [4.78, 5) is 25.7. The van der Waals surface area contributed by atoms with Gasteiger partial charge in [0.2, 0.25) is 5.75 Å². The fourth-order valence-corrected chi connectivity index (χ4v) is 5.05. The van der Waals surface area contributed by atoms with Gasteiger partial charge in [-0.05, 0) is 66.6 Å².